The number of nitro benzene ring substituents is 1. The van der Waals surface area contributed by atoms with Gasteiger partial charge >= 0.3 is 0 Å². The monoisotopic (exact) mass is 402 g/mol. The molecule has 5 aliphatic rings. The van der Waals surface area contributed by atoms with Gasteiger partial charge in [0, 0.05) is 30.8 Å². The number of nitrogens with zero attached hydrogens (tertiary/aromatic N) is 4. The Morgan fingerprint density at radius 2 is 1.71 bits per heavy atom. The Labute approximate surface area is 162 Å². The molecule has 1 aromatic heterocycles. The van der Waals surface area contributed by atoms with Crippen molar-refractivity contribution in [2.45, 2.75) is 55.8 Å². The number of rotatable bonds is 2. The lowest BCUT2D eigenvalue weighted by Gasteiger charge is -2.60. The van der Waals surface area contributed by atoms with Gasteiger partial charge in [-0.1, -0.05) is 0 Å². The minimum absolute atomic E-state index is 0.0453. The largest absolute Gasteiger partial charge is 0.312 e. The van der Waals surface area contributed by atoms with E-state index < -0.39 is 14.9 Å². The number of benzene rings is 1. The van der Waals surface area contributed by atoms with Crippen LogP contribution in [0.4, 0.5) is 5.69 Å². The minimum Gasteiger partial charge on any atom is -0.312 e. The zero-order chi connectivity index (χ0) is 19.3. The number of imidazole rings is 1. The van der Waals surface area contributed by atoms with Gasteiger partial charge in [-0.25, -0.2) is 13.4 Å². The van der Waals surface area contributed by atoms with Crippen LogP contribution in [0.2, 0.25) is 0 Å². The van der Waals surface area contributed by atoms with E-state index in [0.717, 1.165) is 19.3 Å². The highest BCUT2D eigenvalue weighted by molar-refractivity contribution is 7.89. The van der Waals surface area contributed by atoms with Gasteiger partial charge in [0.2, 0.25) is 5.16 Å². The van der Waals surface area contributed by atoms with Crippen molar-refractivity contribution >= 4 is 26.7 Å². The molecule has 9 heteroatoms. The maximum absolute atomic E-state index is 13.6. The first-order valence-corrected chi connectivity index (χ1v) is 11.5. The Bertz CT molecular complexity index is 1090. The minimum atomic E-state index is -3.73. The number of sulfonamides is 1. The first kappa shape index (κ1) is 16.9. The van der Waals surface area contributed by atoms with E-state index >= 15 is 0 Å². The van der Waals surface area contributed by atoms with Gasteiger partial charge in [0.1, 0.15) is 0 Å². The van der Waals surface area contributed by atoms with Gasteiger partial charge in [0.05, 0.1) is 16.0 Å². The molecule has 0 unspecified atom stereocenters. The van der Waals surface area contributed by atoms with E-state index in [-0.39, 0.29) is 16.4 Å². The molecule has 7 rings (SSSR count). The molecule has 0 N–H and O–H groups in total. The van der Waals surface area contributed by atoms with Gasteiger partial charge in [-0.2, -0.15) is 4.31 Å². The molecule has 148 valence electrons. The lowest BCUT2D eigenvalue weighted by molar-refractivity contribution is -0.384. The SMILES string of the molecule is O=[N+]([O-])c1ccc2nc3n(c2c1)CCN(C12CC4CC(CC(C4)C1)C2)S3(=O)=O. The van der Waals surface area contributed by atoms with Crippen LogP contribution in [0.3, 0.4) is 0 Å². The molecule has 4 bridgehead atoms. The van der Waals surface area contributed by atoms with Crippen molar-refractivity contribution in [2.75, 3.05) is 6.54 Å². The van der Waals surface area contributed by atoms with Crippen molar-refractivity contribution in [3.8, 4) is 0 Å². The van der Waals surface area contributed by atoms with E-state index in [1.165, 1.54) is 31.4 Å². The highest BCUT2D eigenvalue weighted by Gasteiger charge is 2.57. The number of aromatic nitrogens is 2. The molecule has 2 aromatic rings. The third kappa shape index (κ3) is 2.14. The molecule has 8 nitrogen and oxygen atoms in total. The summed E-state index contributed by atoms with van der Waals surface area (Å²) in [6.07, 6.45) is 6.71. The number of fused-ring (bicyclic) bond motifs is 3. The van der Waals surface area contributed by atoms with Crippen molar-refractivity contribution < 1.29 is 13.3 Å². The summed E-state index contributed by atoms with van der Waals surface area (Å²) in [6.45, 7) is 0.920. The zero-order valence-corrected chi connectivity index (χ0v) is 16.3. The Morgan fingerprint density at radius 3 is 2.32 bits per heavy atom. The molecule has 2 heterocycles. The first-order valence-electron chi connectivity index (χ1n) is 10.0. The van der Waals surface area contributed by atoms with Crippen molar-refractivity contribution in [1.29, 1.82) is 0 Å². The van der Waals surface area contributed by atoms with E-state index in [4.69, 9.17) is 0 Å². The van der Waals surface area contributed by atoms with E-state index in [1.54, 1.807) is 14.9 Å². The summed E-state index contributed by atoms with van der Waals surface area (Å²) in [7, 11) is -3.73. The zero-order valence-electron chi connectivity index (χ0n) is 15.5. The van der Waals surface area contributed by atoms with Crippen molar-refractivity contribution in [1.82, 2.24) is 13.9 Å². The maximum Gasteiger partial charge on any atom is 0.277 e. The molecule has 28 heavy (non-hydrogen) atoms. The first-order chi connectivity index (χ1) is 13.4. The van der Waals surface area contributed by atoms with Gasteiger partial charge in [-0.15, -0.1) is 0 Å². The average Bonchev–Trinajstić information content (AvgIpc) is 2.99. The quantitative estimate of drug-likeness (QED) is 0.568. The summed E-state index contributed by atoms with van der Waals surface area (Å²) in [5.74, 6) is 1.97. The van der Waals surface area contributed by atoms with Gasteiger partial charge in [0.25, 0.3) is 15.7 Å². The van der Waals surface area contributed by atoms with E-state index in [1.807, 2.05) is 0 Å². The summed E-state index contributed by atoms with van der Waals surface area (Å²) < 4.78 is 30.6. The predicted molar refractivity (Wildman–Crippen MR) is 101 cm³/mol. The standard InChI is InChI=1S/C19H22N4O4S/c24-23(25)15-1-2-16-17(8-15)21-3-4-22(28(26,27)18(21)20-16)19-9-12-5-13(10-19)7-14(6-12)11-19/h1-2,8,12-14H,3-7,9-11H2. The van der Waals surface area contributed by atoms with Gasteiger partial charge in [-0.3, -0.25) is 10.1 Å². The maximum atomic E-state index is 13.6. The highest BCUT2D eigenvalue weighted by atomic mass is 32.2. The third-order valence-electron chi connectivity index (χ3n) is 7.49. The smallest absolute Gasteiger partial charge is 0.277 e. The summed E-state index contributed by atoms with van der Waals surface area (Å²) in [6, 6.07) is 4.36. The summed E-state index contributed by atoms with van der Waals surface area (Å²) >= 11 is 0. The Hall–Kier alpha value is -2.00. The van der Waals surface area contributed by atoms with Crippen LogP contribution in [-0.4, -0.2) is 39.3 Å². The van der Waals surface area contributed by atoms with E-state index in [0.29, 0.717) is 41.9 Å². The summed E-state index contributed by atoms with van der Waals surface area (Å²) in [5, 5.41) is 11.2. The molecule has 0 amide bonds. The molecule has 4 aliphatic carbocycles. The predicted octanol–water partition coefficient (Wildman–Crippen LogP) is 2.92. The van der Waals surface area contributed by atoms with Crippen LogP contribution in [0.5, 0.6) is 0 Å². The van der Waals surface area contributed by atoms with Crippen LogP contribution >= 0.6 is 0 Å². The molecule has 0 radical (unpaired) electrons. The van der Waals surface area contributed by atoms with Crippen LogP contribution in [0.1, 0.15) is 38.5 Å². The van der Waals surface area contributed by atoms with Crippen molar-refractivity contribution in [3.63, 3.8) is 0 Å². The lowest BCUT2D eigenvalue weighted by atomic mass is 9.53. The fourth-order valence-electron chi connectivity index (χ4n) is 6.89. The Balaban J connectivity index is 1.46. The Kier molecular flexibility index (Phi) is 3.22. The molecule has 1 aromatic carbocycles. The van der Waals surface area contributed by atoms with Crippen LogP contribution in [-0.2, 0) is 16.6 Å². The summed E-state index contributed by atoms with van der Waals surface area (Å²) in [5.41, 5.74) is 0.730. The normalized spacial score (nSPS) is 35.9. The van der Waals surface area contributed by atoms with Crippen molar-refractivity contribution in [3.05, 3.63) is 28.3 Å². The molecule has 0 spiro atoms. The fraction of sp³-hybridized carbons (Fsp3) is 0.632. The number of hydrogen-bond acceptors (Lipinski definition) is 5. The highest BCUT2D eigenvalue weighted by Crippen LogP contribution is 2.58. The number of nitro groups is 1. The molecule has 0 saturated heterocycles. The molecule has 0 atom stereocenters. The second-order valence-corrected chi connectivity index (χ2v) is 11.0. The average molecular weight is 402 g/mol. The summed E-state index contributed by atoms with van der Waals surface area (Å²) in [4.78, 5) is 15.1. The topological polar surface area (TPSA) is 98.3 Å². The molecule has 1 aliphatic heterocycles. The van der Waals surface area contributed by atoms with Crippen LogP contribution in [0, 0.1) is 27.9 Å². The second kappa shape index (κ2) is 5.33. The fourth-order valence-corrected chi connectivity index (χ4v) is 8.82. The lowest BCUT2D eigenvalue weighted by Crippen LogP contribution is -2.63. The van der Waals surface area contributed by atoms with Crippen LogP contribution in [0.15, 0.2) is 23.4 Å². The molecular weight excluding hydrogens is 380 g/mol. The van der Waals surface area contributed by atoms with Crippen LogP contribution < -0.4 is 0 Å². The molecular formula is C19H22N4O4S. The van der Waals surface area contributed by atoms with Crippen molar-refractivity contribution in [2.24, 2.45) is 17.8 Å². The van der Waals surface area contributed by atoms with Gasteiger partial charge in [0.15, 0.2) is 0 Å². The molecule has 4 fully saturated rings. The van der Waals surface area contributed by atoms with Crippen LogP contribution in [0.25, 0.3) is 11.0 Å². The number of hydrogen-bond donors (Lipinski definition) is 0. The Morgan fingerprint density at radius 1 is 1.07 bits per heavy atom. The second-order valence-electron chi connectivity index (χ2n) is 9.20. The van der Waals surface area contributed by atoms with E-state index in [2.05, 4.69) is 4.98 Å². The van der Waals surface area contributed by atoms with Gasteiger partial charge < -0.3 is 4.57 Å². The van der Waals surface area contributed by atoms with E-state index in [9.17, 15) is 18.5 Å². The number of non-ortho nitro benzene ring substituents is 1. The van der Waals surface area contributed by atoms with Gasteiger partial charge in [-0.05, 0) is 62.3 Å². The molecule has 4 saturated carbocycles. The third-order valence-corrected chi connectivity index (χ3v) is 9.41.